The summed E-state index contributed by atoms with van der Waals surface area (Å²) in [6.45, 7) is 6.42. The van der Waals surface area contributed by atoms with Crippen molar-refractivity contribution in [1.82, 2.24) is 20.1 Å². The quantitative estimate of drug-likeness (QED) is 0.651. The van der Waals surface area contributed by atoms with E-state index in [2.05, 4.69) is 21.8 Å². The predicted molar refractivity (Wildman–Crippen MR) is 113 cm³/mol. The number of phenols is 1. The van der Waals surface area contributed by atoms with E-state index < -0.39 is 0 Å². The highest BCUT2D eigenvalue weighted by Gasteiger charge is 2.33. The molecule has 7 heteroatoms. The van der Waals surface area contributed by atoms with E-state index >= 15 is 0 Å². The Balaban J connectivity index is 1.61. The van der Waals surface area contributed by atoms with E-state index in [1.807, 2.05) is 23.1 Å². The molecule has 2 aromatic heterocycles. The number of nitrogens with one attached hydrogen (secondary N) is 1. The molecular weight excluding hydrogens is 380 g/mol. The van der Waals surface area contributed by atoms with E-state index in [0.29, 0.717) is 24.4 Å². The number of nitrogens with zero attached hydrogens (tertiary/aromatic N) is 3. The van der Waals surface area contributed by atoms with Crippen molar-refractivity contribution in [3.05, 3.63) is 54.2 Å². The fourth-order valence-electron chi connectivity index (χ4n) is 4.70. The van der Waals surface area contributed by atoms with Gasteiger partial charge in [-0.1, -0.05) is 18.7 Å². The first-order valence-electron chi connectivity index (χ1n) is 10.3. The zero-order valence-electron chi connectivity index (χ0n) is 16.7. The zero-order valence-corrected chi connectivity index (χ0v) is 16.7. The number of phenolic OH excluding ortho intramolecular Hbond substituents is 1. The van der Waals surface area contributed by atoms with Gasteiger partial charge in [0.25, 0.3) is 0 Å². The van der Waals surface area contributed by atoms with Crippen LogP contribution in [-0.2, 0) is 9.53 Å². The number of H-pyrrole nitrogens is 1. The van der Waals surface area contributed by atoms with Crippen LogP contribution in [0, 0.1) is 0 Å². The summed E-state index contributed by atoms with van der Waals surface area (Å²) in [6.07, 6.45) is 3.23. The van der Waals surface area contributed by atoms with Gasteiger partial charge in [-0.05, 0) is 42.7 Å². The summed E-state index contributed by atoms with van der Waals surface area (Å²) < 4.78 is 5.69. The molecule has 2 fully saturated rings. The minimum absolute atomic E-state index is 0.0269. The molecule has 2 N–H and O–H groups in total. The summed E-state index contributed by atoms with van der Waals surface area (Å²) >= 11 is 0. The molecule has 5 rings (SSSR count). The van der Waals surface area contributed by atoms with Gasteiger partial charge in [-0.3, -0.25) is 4.79 Å². The van der Waals surface area contributed by atoms with Gasteiger partial charge < -0.3 is 19.7 Å². The lowest BCUT2D eigenvalue weighted by Gasteiger charge is -2.17. The van der Waals surface area contributed by atoms with Gasteiger partial charge in [0.15, 0.2) is 5.65 Å². The Bertz CT molecular complexity index is 1120. The summed E-state index contributed by atoms with van der Waals surface area (Å²) in [5.41, 5.74) is 4.38. The van der Waals surface area contributed by atoms with Crippen LogP contribution in [0.5, 0.6) is 5.75 Å². The van der Waals surface area contributed by atoms with Crippen molar-refractivity contribution >= 4 is 16.9 Å². The van der Waals surface area contributed by atoms with E-state index in [9.17, 15) is 9.90 Å². The van der Waals surface area contributed by atoms with Gasteiger partial charge in [-0.2, -0.15) is 0 Å². The number of carbonyl (C=O) groups excluding carboxylic acids is 1. The first-order valence-corrected chi connectivity index (χ1v) is 10.3. The normalized spacial score (nSPS) is 21.4. The Kier molecular flexibility index (Phi) is 4.75. The fourth-order valence-corrected chi connectivity index (χ4v) is 4.70. The Morgan fingerprint density at radius 1 is 1.27 bits per heavy atom. The Hall–Kier alpha value is -3.19. The second-order valence-corrected chi connectivity index (χ2v) is 8.00. The molecule has 0 radical (unpaired) electrons. The predicted octanol–water partition coefficient (Wildman–Crippen LogP) is 3.34. The number of ether oxygens (including phenoxy) is 1. The topological polar surface area (TPSA) is 91.3 Å². The van der Waals surface area contributed by atoms with Crippen molar-refractivity contribution in [3.63, 3.8) is 0 Å². The minimum Gasteiger partial charge on any atom is -0.507 e. The standard InChI is InChI=1S/C23H24N4O3/c1-2-20(29)27-9-7-14(12-27)22-21(15-8-10-30-13-15)17-11-18(25-26-23(17)24-22)16-5-3-4-6-19(16)28/h2-6,11,14-15,28H,1,7-10,12-13H2,(H,24,26)/t14-,15+/m0/s1. The van der Waals surface area contributed by atoms with Crippen LogP contribution < -0.4 is 0 Å². The van der Waals surface area contributed by atoms with Crippen LogP contribution in [0.1, 0.15) is 35.9 Å². The van der Waals surface area contributed by atoms with Crippen LogP contribution in [-0.4, -0.2) is 57.4 Å². The van der Waals surface area contributed by atoms with Gasteiger partial charge in [-0.25, -0.2) is 0 Å². The number of aromatic amines is 1. The van der Waals surface area contributed by atoms with Crippen molar-refractivity contribution in [2.45, 2.75) is 24.7 Å². The molecule has 2 saturated heterocycles. The number of carbonyl (C=O) groups is 1. The van der Waals surface area contributed by atoms with Gasteiger partial charge in [0.05, 0.1) is 12.3 Å². The van der Waals surface area contributed by atoms with Crippen molar-refractivity contribution in [2.75, 3.05) is 26.3 Å². The van der Waals surface area contributed by atoms with E-state index in [-0.39, 0.29) is 23.5 Å². The molecule has 3 aromatic rings. The highest BCUT2D eigenvalue weighted by atomic mass is 16.5. The van der Waals surface area contributed by atoms with Crippen LogP contribution in [0.3, 0.4) is 0 Å². The number of hydrogen-bond donors (Lipinski definition) is 2. The number of hydrogen-bond acceptors (Lipinski definition) is 5. The largest absolute Gasteiger partial charge is 0.507 e. The average Bonchev–Trinajstić information content (AvgIpc) is 3.51. The number of amides is 1. The number of aromatic hydroxyl groups is 1. The van der Waals surface area contributed by atoms with E-state index in [1.54, 1.807) is 12.1 Å². The molecule has 2 aliphatic rings. The molecule has 1 amide bonds. The highest BCUT2D eigenvalue weighted by Crippen LogP contribution is 2.40. The summed E-state index contributed by atoms with van der Waals surface area (Å²) in [5.74, 6) is 0.648. The second-order valence-electron chi connectivity index (χ2n) is 8.00. The van der Waals surface area contributed by atoms with Crippen molar-refractivity contribution < 1.29 is 14.6 Å². The number of rotatable bonds is 4. The molecule has 30 heavy (non-hydrogen) atoms. The average molecular weight is 404 g/mol. The van der Waals surface area contributed by atoms with Crippen molar-refractivity contribution in [1.29, 1.82) is 0 Å². The minimum atomic E-state index is -0.0269. The van der Waals surface area contributed by atoms with Crippen LogP contribution in [0.15, 0.2) is 43.0 Å². The van der Waals surface area contributed by atoms with Crippen molar-refractivity contribution in [2.24, 2.45) is 0 Å². The molecule has 2 aliphatic heterocycles. The smallest absolute Gasteiger partial charge is 0.245 e. The van der Waals surface area contributed by atoms with Crippen LogP contribution in [0.25, 0.3) is 22.3 Å². The van der Waals surface area contributed by atoms with Gasteiger partial charge >= 0.3 is 0 Å². The lowest BCUT2D eigenvalue weighted by Crippen LogP contribution is -2.26. The molecule has 4 heterocycles. The maximum atomic E-state index is 12.1. The molecular formula is C23H24N4O3. The maximum absolute atomic E-state index is 12.1. The van der Waals surface area contributed by atoms with Crippen LogP contribution in [0.4, 0.5) is 0 Å². The van der Waals surface area contributed by atoms with Gasteiger partial charge in [-0.15, -0.1) is 10.2 Å². The van der Waals surface area contributed by atoms with Crippen molar-refractivity contribution in [3.8, 4) is 17.0 Å². The molecule has 2 atom stereocenters. The van der Waals surface area contributed by atoms with E-state index in [0.717, 1.165) is 42.7 Å². The number of aromatic nitrogens is 3. The highest BCUT2D eigenvalue weighted by molar-refractivity contribution is 5.88. The van der Waals surface area contributed by atoms with E-state index in [1.165, 1.54) is 11.6 Å². The molecule has 1 aromatic carbocycles. The Morgan fingerprint density at radius 2 is 2.13 bits per heavy atom. The third-order valence-electron chi connectivity index (χ3n) is 6.23. The molecule has 154 valence electrons. The molecule has 7 nitrogen and oxygen atoms in total. The van der Waals surface area contributed by atoms with E-state index in [4.69, 9.17) is 4.74 Å². The summed E-state index contributed by atoms with van der Waals surface area (Å²) in [7, 11) is 0. The molecule has 0 spiro atoms. The number of benzene rings is 1. The SMILES string of the molecule is C=CC(=O)N1CC[C@H](c2[nH]c3nnc(-c4ccccc4O)cc3c2[C@@H]2CCOC2)C1. The lowest BCUT2D eigenvalue weighted by molar-refractivity contribution is -0.125. The Morgan fingerprint density at radius 3 is 2.90 bits per heavy atom. The summed E-state index contributed by atoms with van der Waals surface area (Å²) in [4.78, 5) is 17.4. The molecule has 0 unspecified atom stereocenters. The third kappa shape index (κ3) is 3.15. The monoisotopic (exact) mass is 404 g/mol. The van der Waals surface area contributed by atoms with Gasteiger partial charge in [0, 0.05) is 48.2 Å². The third-order valence-corrected chi connectivity index (χ3v) is 6.23. The van der Waals surface area contributed by atoms with Crippen LogP contribution in [0.2, 0.25) is 0 Å². The van der Waals surface area contributed by atoms with Gasteiger partial charge in [0.2, 0.25) is 5.91 Å². The first kappa shape index (κ1) is 18.8. The lowest BCUT2D eigenvalue weighted by atomic mass is 9.90. The molecule has 0 saturated carbocycles. The summed E-state index contributed by atoms with van der Waals surface area (Å²) in [5, 5.41) is 20.1. The Labute approximate surface area is 174 Å². The second kappa shape index (κ2) is 7.57. The summed E-state index contributed by atoms with van der Waals surface area (Å²) in [6, 6.07) is 9.16. The molecule has 0 aliphatic carbocycles. The molecule has 0 bridgehead atoms. The first-order chi connectivity index (χ1) is 14.7. The fraction of sp³-hybridized carbons (Fsp3) is 0.348. The maximum Gasteiger partial charge on any atom is 0.245 e. The van der Waals surface area contributed by atoms with Gasteiger partial charge in [0.1, 0.15) is 5.75 Å². The number of para-hydroxylation sites is 1. The number of likely N-dealkylation sites (tertiary alicyclic amines) is 1. The van der Waals surface area contributed by atoms with Crippen LogP contribution >= 0.6 is 0 Å². The zero-order chi connectivity index (χ0) is 20.7. The number of fused-ring (bicyclic) bond motifs is 1.